The molecule has 0 amide bonds. The maximum Gasteiger partial charge on any atom is 0.137 e. The van der Waals surface area contributed by atoms with Crippen molar-refractivity contribution in [1.82, 2.24) is 5.32 Å². The van der Waals surface area contributed by atoms with Crippen LogP contribution in [0.3, 0.4) is 0 Å². The number of ether oxygens (including phenoxy) is 1. The zero-order valence-corrected chi connectivity index (χ0v) is 7.80. The molecule has 1 N–H and O–H groups in total. The Bertz CT molecular complexity index is 151. The van der Waals surface area contributed by atoms with E-state index in [1.807, 2.05) is 13.8 Å². The molecule has 0 radical (unpaired) electrons. The summed E-state index contributed by atoms with van der Waals surface area (Å²) in [5.74, 6) is 0.465. The maximum absolute atomic E-state index is 11.3. The summed E-state index contributed by atoms with van der Waals surface area (Å²) in [4.78, 5) is 11.3. The van der Waals surface area contributed by atoms with Crippen LogP contribution >= 0.6 is 0 Å². The van der Waals surface area contributed by atoms with Crippen LogP contribution in [-0.4, -0.2) is 31.6 Å². The molecule has 70 valence electrons. The van der Waals surface area contributed by atoms with Crippen molar-refractivity contribution >= 4 is 5.78 Å². The lowest BCUT2D eigenvalue weighted by molar-refractivity contribution is -0.123. The molecule has 1 heterocycles. The number of morpholine rings is 1. The Morgan fingerprint density at radius 2 is 2.42 bits per heavy atom. The molecule has 1 aliphatic rings. The van der Waals surface area contributed by atoms with E-state index in [9.17, 15) is 4.79 Å². The van der Waals surface area contributed by atoms with Gasteiger partial charge in [0.2, 0.25) is 0 Å². The first-order valence-electron chi connectivity index (χ1n) is 4.54. The van der Waals surface area contributed by atoms with Crippen LogP contribution in [0.25, 0.3) is 0 Å². The number of hydrogen-bond donors (Lipinski definition) is 1. The predicted molar refractivity (Wildman–Crippen MR) is 47.1 cm³/mol. The van der Waals surface area contributed by atoms with Gasteiger partial charge in [-0.25, -0.2) is 0 Å². The summed E-state index contributed by atoms with van der Waals surface area (Å²) in [5, 5.41) is 3.26. The van der Waals surface area contributed by atoms with Crippen molar-refractivity contribution < 1.29 is 9.53 Å². The van der Waals surface area contributed by atoms with Crippen molar-refractivity contribution in [1.29, 1.82) is 0 Å². The number of hydrogen-bond acceptors (Lipinski definition) is 3. The highest BCUT2D eigenvalue weighted by molar-refractivity contribution is 5.80. The quantitative estimate of drug-likeness (QED) is 0.675. The van der Waals surface area contributed by atoms with E-state index in [0.717, 1.165) is 13.2 Å². The summed E-state index contributed by atoms with van der Waals surface area (Å²) in [5.41, 5.74) is 0. The summed E-state index contributed by atoms with van der Waals surface area (Å²) in [7, 11) is 0. The van der Waals surface area contributed by atoms with Crippen LogP contribution in [0.4, 0.5) is 0 Å². The Morgan fingerprint density at radius 1 is 1.67 bits per heavy atom. The average Bonchev–Trinajstić information content (AvgIpc) is 2.06. The summed E-state index contributed by atoms with van der Waals surface area (Å²) >= 11 is 0. The predicted octanol–water partition coefficient (Wildman–Crippen LogP) is 0.590. The number of rotatable bonds is 3. The Hall–Kier alpha value is -0.410. The fourth-order valence-corrected chi connectivity index (χ4v) is 1.23. The zero-order chi connectivity index (χ0) is 8.97. The molecule has 1 saturated heterocycles. The number of ketones is 1. The first-order chi connectivity index (χ1) is 5.70. The summed E-state index contributed by atoms with van der Waals surface area (Å²) in [6.45, 7) is 6.19. The number of Topliss-reactive ketones (excluding diaryl/α,β-unsaturated/α-hetero) is 1. The highest BCUT2D eigenvalue weighted by atomic mass is 16.5. The first kappa shape index (κ1) is 9.68. The molecule has 1 atom stereocenters. The van der Waals surface area contributed by atoms with Gasteiger partial charge in [0, 0.05) is 24.9 Å². The van der Waals surface area contributed by atoms with Crippen LogP contribution in [0.1, 0.15) is 20.3 Å². The van der Waals surface area contributed by atoms with E-state index in [1.165, 1.54) is 0 Å². The standard InChI is InChI=1S/C9H17NO2/c1-7(2)9(11)5-8-6-12-4-3-10-8/h7-8,10H,3-6H2,1-2H3. The Labute approximate surface area is 73.5 Å². The van der Waals surface area contributed by atoms with Crippen LogP contribution in [0.15, 0.2) is 0 Å². The van der Waals surface area contributed by atoms with Crippen molar-refractivity contribution in [3.63, 3.8) is 0 Å². The molecule has 1 aliphatic heterocycles. The summed E-state index contributed by atoms with van der Waals surface area (Å²) < 4.78 is 5.25. The molecule has 12 heavy (non-hydrogen) atoms. The Morgan fingerprint density at radius 3 is 2.92 bits per heavy atom. The second-order valence-corrected chi connectivity index (χ2v) is 3.55. The third kappa shape index (κ3) is 2.91. The molecule has 0 spiro atoms. The molecule has 1 rings (SSSR count). The number of carbonyl (C=O) groups excluding carboxylic acids is 1. The summed E-state index contributed by atoms with van der Waals surface area (Å²) in [6, 6.07) is 0.244. The van der Waals surface area contributed by atoms with Gasteiger partial charge in [0.15, 0.2) is 0 Å². The van der Waals surface area contributed by atoms with Crippen molar-refractivity contribution in [3.05, 3.63) is 0 Å². The zero-order valence-electron chi connectivity index (χ0n) is 7.80. The molecule has 0 aromatic rings. The van der Waals surface area contributed by atoms with E-state index in [-0.39, 0.29) is 12.0 Å². The van der Waals surface area contributed by atoms with E-state index >= 15 is 0 Å². The molecule has 0 aromatic carbocycles. The van der Waals surface area contributed by atoms with Crippen LogP contribution in [0.5, 0.6) is 0 Å². The second kappa shape index (κ2) is 4.58. The van der Waals surface area contributed by atoms with Gasteiger partial charge in [0.1, 0.15) is 5.78 Å². The lowest BCUT2D eigenvalue weighted by Crippen LogP contribution is -2.42. The van der Waals surface area contributed by atoms with Crippen LogP contribution in [0, 0.1) is 5.92 Å². The minimum Gasteiger partial charge on any atom is -0.379 e. The SMILES string of the molecule is CC(C)C(=O)CC1COCCN1. The van der Waals surface area contributed by atoms with Crippen molar-refractivity contribution in [2.45, 2.75) is 26.3 Å². The normalized spacial score (nSPS) is 24.4. The molecule has 0 saturated carbocycles. The van der Waals surface area contributed by atoms with Gasteiger partial charge in [-0.3, -0.25) is 4.79 Å². The Kier molecular flexibility index (Phi) is 3.69. The third-order valence-electron chi connectivity index (χ3n) is 2.09. The fraction of sp³-hybridized carbons (Fsp3) is 0.889. The molecule has 1 fully saturated rings. The first-order valence-corrected chi connectivity index (χ1v) is 4.54. The minimum atomic E-state index is 0.147. The van der Waals surface area contributed by atoms with Gasteiger partial charge in [-0.15, -0.1) is 0 Å². The van der Waals surface area contributed by atoms with E-state index in [4.69, 9.17) is 4.74 Å². The average molecular weight is 171 g/mol. The molecule has 0 aliphatic carbocycles. The lowest BCUT2D eigenvalue weighted by atomic mass is 10.0. The highest BCUT2D eigenvalue weighted by Crippen LogP contribution is 2.04. The number of nitrogens with one attached hydrogen (secondary N) is 1. The van der Waals surface area contributed by atoms with Gasteiger partial charge in [-0.05, 0) is 0 Å². The fourth-order valence-electron chi connectivity index (χ4n) is 1.23. The second-order valence-electron chi connectivity index (χ2n) is 3.55. The van der Waals surface area contributed by atoms with E-state index in [1.54, 1.807) is 0 Å². The highest BCUT2D eigenvalue weighted by Gasteiger charge is 2.18. The lowest BCUT2D eigenvalue weighted by Gasteiger charge is -2.23. The van der Waals surface area contributed by atoms with E-state index in [0.29, 0.717) is 18.8 Å². The third-order valence-corrected chi connectivity index (χ3v) is 2.09. The molecule has 0 aromatic heterocycles. The van der Waals surface area contributed by atoms with Crippen molar-refractivity contribution in [3.8, 4) is 0 Å². The monoisotopic (exact) mass is 171 g/mol. The Balaban J connectivity index is 2.24. The van der Waals surface area contributed by atoms with E-state index in [2.05, 4.69) is 5.32 Å². The van der Waals surface area contributed by atoms with Crippen molar-refractivity contribution in [2.24, 2.45) is 5.92 Å². The van der Waals surface area contributed by atoms with Gasteiger partial charge >= 0.3 is 0 Å². The van der Waals surface area contributed by atoms with Gasteiger partial charge < -0.3 is 10.1 Å². The topological polar surface area (TPSA) is 38.3 Å². The van der Waals surface area contributed by atoms with Crippen LogP contribution in [-0.2, 0) is 9.53 Å². The number of carbonyl (C=O) groups is 1. The molecule has 3 nitrogen and oxygen atoms in total. The smallest absolute Gasteiger partial charge is 0.137 e. The van der Waals surface area contributed by atoms with Gasteiger partial charge in [-0.1, -0.05) is 13.8 Å². The van der Waals surface area contributed by atoms with Crippen LogP contribution < -0.4 is 5.32 Å². The maximum atomic E-state index is 11.3. The molecular formula is C9H17NO2. The van der Waals surface area contributed by atoms with E-state index < -0.39 is 0 Å². The van der Waals surface area contributed by atoms with Crippen molar-refractivity contribution in [2.75, 3.05) is 19.8 Å². The van der Waals surface area contributed by atoms with Gasteiger partial charge in [-0.2, -0.15) is 0 Å². The van der Waals surface area contributed by atoms with Gasteiger partial charge in [0.25, 0.3) is 0 Å². The van der Waals surface area contributed by atoms with Gasteiger partial charge in [0.05, 0.1) is 13.2 Å². The molecule has 0 bridgehead atoms. The molecule has 3 heteroatoms. The van der Waals surface area contributed by atoms with Crippen LogP contribution in [0.2, 0.25) is 0 Å². The largest absolute Gasteiger partial charge is 0.379 e. The molecule has 1 unspecified atom stereocenters. The summed E-state index contributed by atoms with van der Waals surface area (Å²) in [6.07, 6.45) is 0.609. The molecular weight excluding hydrogens is 154 g/mol. The minimum absolute atomic E-state index is 0.147.